The SMILES string of the molecule is C=CCCC12CCN(C(S)c3ccc(C)cc3OC)CC1CCc1cc(OC(=O)CCCCCCC)ccc12. The molecule has 1 aliphatic carbocycles. The molecule has 2 aromatic carbocycles. The molecule has 0 bridgehead atoms. The molecule has 4 nitrogen and oxygen atoms in total. The van der Waals surface area contributed by atoms with E-state index in [1.807, 2.05) is 6.07 Å². The molecule has 0 amide bonds. The molecule has 1 aliphatic heterocycles. The first-order valence-corrected chi connectivity index (χ1v) is 15.4. The molecule has 1 fully saturated rings. The molecule has 3 atom stereocenters. The van der Waals surface area contributed by atoms with Gasteiger partial charge in [0, 0.05) is 30.5 Å². The molecule has 2 aliphatic rings. The highest BCUT2D eigenvalue weighted by atomic mass is 32.1. The number of thiol groups is 1. The van der Waals surface area contributed by atoms with Gasteiger partial charge in [-0.1, -0.05) is 56.9 Å². The molecule has 4 rings (SSSR count). The fraction of sp³-hybridized carbons (Fsp3) is 0.559. The maximum absolute atomic E-state index is 12.5. The monoisotopic (exact) mass is 549 g/mol. The van der Waals surface area contributed by atoms with Crippen molar-refractivity contribution in [2.24, 2.45) is 5.92 Å². The van der Waals surface area contributed by atoms with E-state index in [-0.39, 0.29) is 16.8 Å². The van der Waals surface area contributed by atoms with Crippen LogP contribution in [-0.2, 0) is 16.6 Å². The van der Waals surface area contributed by atoms with Crippen LogP contribution in [0.25, 0.3) is 0 Å². The topological polar surface area (TPSA) is 38.8 Å². The number of esters is 1. The van der Waals surface area contributed by atoms with Gasteiger partial charge in [-0.2, -0.15) is 12.6 Å². The number of carbonyl (C=O) groups excluding carboxylic acids is 1. The minimum Gasteiger partial charge on any atom is -0.496 e. The van der Waals surface area contributed by atoms with Crippen molar-refractivity contribution in [1.82, 2.24) is 4.90 Å². The largest absolute Gasteiger partial charge is 0.496 e. The van der Waals surface area contributed by atoms with Crippen molar-refractivity contribution in [1.29, 1.82) is 0 Å². The number of methoxy groups -OCH3 is 1. The van der Waals surface area contributed by atoms with E-state index in [9.17, 15) is 4.79 Å². The lowest BCUT2D eigenvalue weighted by Crippen LogP contribution is -2.52. The number of aryl methyl sites for hydroxylation is 2. The molecule has 3 unspecified atom stereocenters. The maximum Gasteiger partial charge on any atom is 0.311 e. The molecule has 212 valence electrons. The minimum absolute atomic E-state index is 0.00288. The first-order valence-electron chi connectivity index (χ1n) is 14.9. The number of nitrogens with zero attached hydrogens (tertiary/aromatic N) is 1. The lowest BCUT2D eigenvalue weighted by molar-refractivity contribution is -0.134. The van der Waals surface area contributed by atoms with Crippen LogP contribution in [0.3, 0.4) is 0 Å². The summed E-state index contributed by atoms with van der Waals surface area (Å²) in [6.07, 6.45) is 13.5. The van der Waals surface area contributed by atoms with Gasteiger partial charge in [0.05, 0.1) is 12.5 Å². The zero-order valence-corrected chi connectivity index (χ0v) is 25.1. The summed E-state index contributed by atoms with van der Waals surface area (Å²) in [5.41, 5.74) is 5.24. The van der Waals surface area contributed by atoms with Crippen LogP contribution in [0.15, 0.2) is 49.1 Å². The van der Waals surface area contributed by atoms with E-state index in [2.05, 4.69) is 61.7 Å². The number of piperidine rings is 1. The second-order valence-corrected chi connectivity index (χ2v) is 12.0. The summed E-state index contributed by atoms with van der Waals surface area (Å²) >= 11 is 5.10. The molecule has 0 N–H and O–H groups in total. The smallest absolute Gasteiger partial charge is 0.311 e. The number of hydrogen-bond acceptors (Lipinski definition) is 5. The molecule has 1 heterocycles. The van der Waals surface area contributed by atoms with E-state index >= 15 is 0 Å². The predicted molar refractivity (Wildman–Crippen MR) is 164 cm³/mol. The predicted octanol–water partition coefficient (Wildman–Crippen LogP) is 8.37. The van der Waals surface area contributed by atoms with E-state index in [0.717, 1.165) is 69.3 Å². The molecule has 0 radical (unpaired) electrons. The Balaban J connectivity index is 1.49. The van der Waals surface area contributed by atoms with E-state index in [1.54, 1.807) is 7.11 Å². The van der Waals surface area contributed by atoms with Gasteiger partial charge in [0.15, 0.2) is 0 Å². The molecule has 0 spiro atoms. The van der Waals surface area contributed by atoms with Gasteiger partial charge in [0.1, 0.15) is 11.5 Å². The van der Waals surface area contributed by atoms with Gasteiger partial charge in [-0.05, 0) is 86.3 Å². The highest BCUT2D eigenvalue weighted by molar-refractivity contribution is 7.80. The minimum atomic E-state index is -0.110. The van der Waals surface area contributed by atoms with Gasteiger partial charge in [-0.25, -0.2) is 0 Å². The number of rotatable bonds is 13. The van der Waals surface area contributed by atoms with Crippen LogP contribution >= 0.6 is 12.6 Å². The van der Waals surface area contributed by atoms with Crippen LogP contribution in [0.1, 0.15) is 98.8 Å². The Morgan fingerprint density at radius 1 is 1.21 bits per heavy atom. The van der Waals surface area contributed by atoms with Crippen molar-refractivity contribution in [3.63, 3.8) is 0 Å². The summed E-state index contributed by atoms with van der Waals surface area (Å²) in [6, 6.07) is 12.8. The Hall–Kier alpha value is -2.24. The highest BCUT2D eigenvalue weighted by Crippen LogP contribution is 2.52. The summed E-state index contributed by atoms with van der Waals surface area (Å²) in [7, 11) is 1.74. The van der Waals surface area contributed by atoms with Crippen LogP contribution in [-0.4, -0.2) is 31.1 Å². The van der Waals surface area contributed by atoms with E-state index < -0.39 is 0 Å². The molecule has 0 aromatic heterocycles. The number of benzene rings is 2. The number of fused-ring (bicyclic) bond motifs is 3. The van der Waals surface area contributed by atoms with Crippen LogP contribution < -0.4 is 9.47 Å². The number of hydrogen-bond donors (Lipinski definition) is 1. The average Bonchev–Trinajstić information content (AvgIpc) is 2.95. The van der Waals surface area contributed by atoms with Crippen molar-refractivity contribution in [2.45, 2.75) is 95.3 Å². The third-order valence-electron chi connectivity index (χ3n) is 8.98. The molecule has 2 aromatic rings. The van der Waals surface area contributed by atoms with Gasteiger partial charge in [0.2, 0.25) is 0 Å². The number of unbranched alkanes of at least 4 members (excludes halogenated alkanes) is 4. The van der Waals surface area contributed by atoms with Crippen LogP contribution in [0.5, 0.6) is 11.5 Å². The summed E-state index contributed by atoms with van der Waals surface area (Å²) in [6.45, 7) is 10.3. The van der Waals surface area contributed by atoms with Crippen LogP contribution in [0.4, 0.5) is 0 Å². The first-order chi connectivity index (χ1) is 18.9. The molecule has 5 heteroatoms. The first kappa shape index (κ1) is 29.7. The Labute approximate surface area is 241 Å². The van der Waals surface area contributed by atoms with Gasteiger partial charge >= 0.3 is 5.97 Å². The number of carbonyl (C=O) groups is 1. The Morgan fingerprint density at radius 3 is 2.79 bits per heavy atom. The standard InChI is InChI=1S/C34H47NO3S/c1-5-7-9-10-11-12-32(36)38-28-16-18-30-26(23-28)14-15-27-24-35(21-20-34(27,30)19-8-6-2)33(39)29-17-13-25(3)22-31(29)37-4/h6,13,16-18,22-23,27,33,39H,2,5,7-12,14-15,19-21,24H2,1,3-4H3. The second-order valence-electron chi connectivity index (χ2n) is 11.5. The van der Waals surface area contributed by atoms with Crippen molar-refractivity contribution in [2.75, 3.05) is 20.2 Å². The van der Waals surface area contributed by atoms with Crippen molar-refractivity contribution >= 4 is 18.6 Å². The van der Waals surface area contributed by atoms with E-state index in [4.69, 9.17) is 22.1 Å². The lowest BCUT2D eigenvalue weighted by atomic mass is 9.58. The van der Waals surface area contributed by atoms with E-state index in [0.29, 0.717) is 18.1 Å². The highest BCUT2D eigenvalue weighted by Gasteiger charge is 2.47. The molecular weight excluding hydrogens is 502 g/mol. The summed E-state index contributed by atoms with van der Waals surface area (Å²) < 4.78 is 11.5. The zero-order valence-electron chi connectivity index (χ0n) is 24.2. The van der Waals surface area contributed by atoms with Crippen molar-refractivity contribution < 1.29 is 14.3 Å². The number of likely N-dealkylation sites (tertiary alicyclic amines) is 1. The molecule has 0 saturated carbocycles. The van der Waals surface area contributed by atoms with Crippen molar-refractivity contribution in [3.05, 3.63) is 71.3 Å². The van der Waals surface area contributed by atoms with E-state index in [1.165, 1.54) is 36.0 Å². The lowest BCUT2D eigenvalue weighted by Gasteiger charge is -2.53. The number of ether oxygens (including phenoxy) is 2. The maximum atomic E-state index is 12.5. The summed E-state index contributed by atoms with van der Waals surface area (Å²) in [4.78, 5) is 15.0. The van der Waals surface area contributed by atoms with Gasteiger partial charge < -0.3 is 9.47 Å². The Bertz CT molecular complexity index is 1130. The number of allylic oxidation sites excluding steroid dienone is 1. The van der Waals surface area contributed by atoms with Crippen LogP contribution in [0.2, 0.25) is 0 Å². The van der Waals surface area contributed by atoms with Gasteiger partial charge in [-0.15, -0.1) is 6.58 Å². The van der Waals surface area contributed by atoms with Gasteiger partial charge in [0.25, 0.3) is 0 Å². The molecular formula is C34H47NO3S. The second kappa shape index (κ2) is 13.9. The fourth-order valence-corrected chi connectivity index (χ4v) is 7.23. The average molecular weight is 550 g/mol. The quantitative estimate of drug-likeness (QED) is 0.0895. The molecule has 39 heavy (non-hydrogen) atoms. The zero-order chi connectivity index (χ0) is 27.8. The van der Waals surface area contributed by atoms with Crippen molar-refractivity contribution in [3.8, 4) is 11.5 Å². The third kappa shape index (κ3) is 6.92. The Morgan fingerprint density at radius 2 is 2.03 bits per heavy atom. The Kier molecular flexibility index (Phi) is 10.6. The summed E-state index contributed by atoms with van der Waals surface area (Å²) in [5.74, 6) is 2.04. The summed E-state index contributed by atoms with van der Waals surface area (Å²) in [5, 5.41) is 0.00288. The fourth-order valence-electron chi connectivity index (χ4n) is 6.80. The molecule has 1 saturated heterocycles. The normalized spacial score (nSPS) is 21.5. The van der Waals surface area contributed by atoms with Crippen LogP contribution in [0, 0.1) is 12.8 Å². The van der Waals surface area contributed by atoms with Gasteiger partial charge in [-0.3, -0.25) is 9.69 Å². The third-order valence-corrected chi connectivity index (χ3v) is 9.59.